The molecule has 4 rings (SSSR count). The molecule has 2 heterocycles. The van der Waals surface area contributed by atoms with Crippen LogP contribution in [0, 0.1) is 29.6 Å². The average molecular weight is 340 g/mol. The van der Waals surface area contributed by atoms with E-state index in [1.807, 2.05) is 25.3 Å². The van der Waals surface area contributed by atoms with Crippen molar-refractivity contribution in [2.45, 2.75) is 19.9 Å². The molecule has 0 saturated carbocycles. The van der Waals surface area contributed by atoms with Crippen molar-refractivity contribution in [2.75, 3.05) is 6.54 Å². The Labute approximate surface area is 151 Å². The van der Waals surface area contributed by atoms with E-state index in [1.54, 1.807) is 18.2 Å². The third-order valence-corrected chi connectivity index (χ3v) is 4.92. The number of fused-ring (bicyclic) bond motifs is 3. The van der Waals surface area contributed by atoms with Crippen LogP contribution in [0.5, 0.6) is 5.75 Å². The molecular weight excluding hydrogens is 324 g/mol. The normalized spacial score (nSPS) is 13.0. The smallest absolute Gasteiger partial charge is 0.143 e. The van der Waals surface area contributed by atoms with Gasteiger partial charge in [0.1, 0.15) is 11.8 Å². The number of phenols is 1. The third-order valence-electron chi connectivity index (χ3n) is 4.92. The van der Waals surface area contributed by atoms with Gasteiger partial charge in [-0.25, -0.2) is 0 Å². The van der Waals surface area contributed by atoms with Crippen molar-refractivity contribution >= 4 is 17.1 Å². The van der Waals surface area contributed by atoms with Gasteiger partial charge in [-0.1, -0.05) is 12.1 Å². The zero-order valence-electron chi connectivity index (χ0n) is 14.3. The molecule has 1 aliphatic heterocycles. The highest BCUT2D eigenvalue weighted by Crippen LogP contribution is 2.41. The van der Waals surface area contributed by atoms with Gasteiger partial charge in [0.05, 0.1) is 28.4 Å². The van der Waals surface area contributed by atoms with Crippen LogP contribution >= 0.6 is 0 Å². The van der Waals surface area contributed by atoms with Crippen LogP contribution in [-0.4, -0.2) is 22.4 Å². The summed E-state index contributed by atoms with van der Waals surface area (Å²) in [5.74, 6) is 0.0198. The van der Waals surface area contributed by atoms with Crippen molar-refractivity contribution < 1.29 is 5.11 Å². The molecular formula is C21H16N4O. The molecule has 0 amide bonds. The number of hydrogen-bond acceptors (Lipinski definition) is 4. The van der Waals surface area contributed by atoms with E-state index in [2.05, 4.69) is 21.7 Å². The van der Waals surface area contributed by atoms with Gasteiger partial charge in [0.25, 0.3) is 0 Å². The van der Waals surface area contributed by atoms with Gasteiger partial charge in [0, 0.05) is 30.3 Å². The van der Waals surface area contributed by atoms with Gasteiger partial charge < -0.3 is 9.67 Å². The van der Waals surface area contributed by atoms with E-state index in [0.29, 0.717) is 10.9 Å². The Bertz CT molecular complexity index is 1140. The third kappa shape index (κ3) is 2.26. The second kappa shape index (κ2) is 6.06. The molecule has 1 aromatic heterocycles. The highest BCUT2D eigenvalue weighted by Gasteiger charge is 2.23. The summed E-state index contributed by atoms with van der Waals surface area (Å²) in [6.07, 6.45) is 2.77. The van der Waals surface area contributed by atoms with Crippen molar-refractivity contribution in [3.05, 3.63) is 52.7 Å². The Balaban J connectivity index is 2.13. The molecule has 3 aromatic rings. The lowest BCUT2D eigenvalue weighted by Gasteiger charge is -2.12. The SMILES string of the molecule is Cc1c2n(c3c(-c4ccc(C#N)cc4)cc(C#N)c(O)c13)CCCN=C2. The Morgan fingerprint density at radius 2 is 1.92 bits per heavy atom. The summed E-state index contributed by atoms with van der Waals surface area (Å²) >= 11 is 0. The minimum atomic E-state index is 0.0198. The van der Waals surface area contributed by atoms with Crippen molar-refractivity contribution in [1.82, 2.24) is 4.57 Å². The molecule has 5 nitrogen and oxygen atoms in total. The van der Waals surface area contributed by atoms with E-state index in [1.165, 1.54) is 0 Å². The molecule has 0 spiro atoms. The van der Waals surface area contributed by atoms with Gasteiger partial charge in [0.2, 0.25) is 0 Å². The van der Waals surface area contributed by atoms with E-state index < -0.39 is 0 Å². The predicted octanol–water partition coefficient (Wildman–Crippen LogP) is 3.89. The fraction of sp³-hybridized carbons (Fsp3) is 0.190. The number of benzene rings is 2. The molecule has 0 fully saturated rings. The van der Waals surface area contributed by atoms with Gasteiger partial charge >= 0.3 is 0 Å². The highest BCUT2D eigenvalue weighted by molar-refractivity contribution is 6.06. The van der Waals surface area contributed by atoms with Gasteiger partial charge in [0.15, 0.2) is 0 Å². The van der Waals surface area contributed by atoms with Crippen LogP contribution < -0.4 is 0 Å². The number of rotatable bonds is 1. The summed E-state index contributed by atoms with van der Waals surface area (Å²) in [6, 6.07) is 13.2. The molecule has 0 bridgehead atoms. The molecule has 26 heavy (non-hydrogen) atoms. The topological polar surface area (TPSA) is 85.1 Å². The molecule has 5 heteroatoms. The van der Waals surface area contributed by atoms with Crippen LogP contribution in [0.2, 0.25) is 0 Å². The van der Waals surface area contributed by atoms with Crippen LogP contribution in [0.4, 0.5) is 0 Å². The molecule has 0 unspecified atom stereocenters. The number of nitriles is 2. The maximum absolute atomic E-state index is 10.7. The number of aromatic hydroxyl groups is 1. The van der Waals surface area contributed by atoms with Crippen molar-refractivity contribution in [2.24, 2.45) is 4.99 Å². The number of nitrogens with zero attached hydrogens (tertiary/aromatic N) is 4. The Morgan fingerprint density at radius 1 is 1.15 bits per heavy atom. The van der Waals surface area contributed by atoms with E-state index in [-0.39, 0.29) is 11.3 Å². The molecule has 0 aliphatic carbocycles. The van der Waals surface area contributed by atoms with Crippen LogP contribution in [0.15, 0.2) is 35.3 Å². The zero-order chi connectivity index (χ0) is 18.3. The monoisotopic (exact) mass is 340 g/mol. The van der Waals surface area contributed by atoms with Crippen molar-refractivity contribution in [1.29, 1.82) is 10.5 Å². The van der Waals surface area contributed by atoms with Crippen LogP contribution in [0.3, 0.4) is 0 Å². The molecule has 1 aliphatic rings. The summed E-state index contributed by atoms with van der Waals surface area (Å²) in [7, 11) is 0. The average Bonchev–Trinajstić information content (AvgIpc) is 2.82. The standard InChI is InChI=1S/C21H16N4O/c1-13-18-12-24-7-2-8-25(18)20-17(9-16(11-23)21(26)19(13)20)15-5-3-14(10-22)4-6-15/h3-6,9,12,26H,2,7-8H2,1H3. The fourth-order valence-corrected chi connectivity index (χ4v) is 3.65. The molecule has 0 atom stereocenters. The fourth-order valence-electron chi connectivity index (χ4n) is 3.65. The van der Waals surface area contributed by atoms with Gasteiger partial charge in [-0.2, -0.15) is 10.5 Å². The number of hydrogen-bond donors (Lipinski definition) is 1. The van der Waals surface area contributed by atoms with Crippen molar-refractivity contribution in [3.63, 3.8) is 0 Å². The zero-order valence-corrected chi connectivity index (χ0v) is 14.3. The lowest BCUT2D eigenvalue weighted by Crippen LogP contribution is -2.02. The number of aliphatic imine (C=N–C) groups is 1. The van der Waals surface area contributed by atoms with Crippen LogP contribution in [0.1, 0.15) is 28.8 Å². The summed E-state index contributed by atoms with van der Waals surface area (Å²) in [5, 5.41) is 29.9. The van der Waals surface area contributed by atoms with Crippen molar-refractivity contribution in [3.8, 4) is 29.0 Å². The molecule has 126 valence electrons. The molecule has 0 saturated heterocycles. The van der Waals surface area contributed by atoms with E-state index >= 15 is 0 Å². The minimum absolute atomic E-state index is 0.0198. The molecule has 0 radical (unpaired) electrons. The van der Waals surface area contributed by atoms with Gasteiger partial charge in [-0.05, 0) is 42.7 Å². The van der Waals surface area contributed by atoms with E-state index in [9.17, 15) is 10.4 Å². The lowest BCUT2D eigenvalue weighted by atomic mass is 9.97. The maximum atomic E-state index is 10.7. The predicted molar refractivity (Wildman–Crippen MR) is 100 cm³/mol. The number of aromatic nitrogens is 1. The van der Waals surface area contributed by atoms with Crippen LogP contribution in [0.25, 0.3) is 22.0 Å². The first-order valence-electron chi connectivity index (χ1n) is 8.45. The summed E-state index contributed by atoms with van der Waals surface area (Å²) in [5.41, 5.74) is 5.43. The second-order valence-electron chi connectivity index (χ2n) is 6.40. The van der Waals surface area contributed by atoms with E-state index in [0.717, 1.165) is 47.4 Å². The molecule has 2 aromatic carbocycles. The van der Waals surface area contributed by atoms with Gasteiger partial charge in [-0.15, -0.1) is 0 Å². The summed E-state index contributed by atoms with van der Waals surface area (Å²) in [6.45, 7) is 3.53. The summed E-state index contributed by atoms with van der Waals surface area (Å²) in [4.78, 5) is 4.44. The molecule has 1 N–H and O–H groups in total. The van der Waals surface area contributed by atoms with Crippen LogP contribution in [-0.2, 0) is 6.54 Å². The maximum Gasteiger partial charge on any atom is 0.143 e. The number of aryl methyl sites for hydroxylation is 2. The Kier molecular flexibility index (Phi) is 3.71. The quantitative estimate of drug-likeness (QED) is 0.729. The highest BCUT2D eigenvalue weighted by atomic mass is 16.3. The Morgan fingerprint density at radius 3 is 2.62 bits per heavy atom. The first-order valence-corrected chi connectivity index (χ1v) is 8.45. The minimum Gasteiger partial charge on any atom is -0.506 e. The second-order valence-corrected chi connectivity index (χ2v) is 6.40. The Hall–Kier alpha value is -3.57. The van der Waals surface area contributed by atoms with Gasteiger partial charge in [-0.3, -0.25) is 4.99 Å². The first kappa shape index (κ1) is 15.9. The first-order chi connectivity index (χ1) is 12.7. The summed E-state index contributed by atoms with van der Waals surface area (Å²) < 4.78 is 2.18. The number of phenolic OH excluding ortho intramolecular Hbond substituents is 1. The largest absolute Gasteiger partial charge is 0.506 e. The lowest BCUT2D eigenvalue weighted by molar-refractivity contribution is 0.480. The van der Waals surface area contributed by atoms with E-state index in [4.69, 9.17) is 5.26 Å².